The van der Waals surface area contributed by atoms with Crippen LogP contribution in [0.15, 0.2) is 24.4 Å². The first-order valence-electron chi connectivity index (χ1n) is 10.4. The average molecular weight is 470 g/mol. The van der Waals surface area contributed by atoms with E-state index in [9.17, 15) is 18.9 Å². The maximum atomic E-state index is 13.2. The summed E-state index contributed by atoms with van der Waals surface area (Å²) in [6.45, 7) is 5.28. The summed E-state index contributed by atoms with van der Waals surface area (Å²) in [5.41, 5.74) is 0.0401. The highest BCUT2D eigenvalue weighted by Crippen LogP contribution is 2.57. The predicted octanol–water partition coefficient (Wildman–Crippen LogP) is 2.12. The zero-order chi connectivity index (χ0) is 23.8. The molecule has 0 spiro atoms. The van der Waals surface area contributed by atoms with E-state index in [1.54, 1.807) is 33.0 Å². The Labute approximate surface area is 187 Å². The summed E-state index contributed by atoms with van der Waals surface area (Å²) in [6.07, 6.45) is 0.855. The van der Waals surface area contributed by atoms with Crippen molar-refractivity contribution in [3.63, 3.8) is 0 Å². The molecule has 1 N–H and O–H groups in total. The van der Waals surface area contributed by atoms with Crippen molar-refractivity contribution >= 4 is 25.4 Å². The Hall–Kier alpha value is -2.29. The molecule has 10 nitrogen and oxygen atoms in total. The number of nitrogens with zero attached hydrogens (tertiary/aromatic N) is 1. The molecular formula is C21H31N2O8P. The van der Waals surface area contributed by atoms with Crippen LogP contribution in [0.4, 0.5) is 0 Å². The molecule has 11 heteroatoms. The summed E-state index contributed by atoms with van der Waals surface area (Å²) in [5, 5.41) is 2.59. The molecule has 0 radical (unpaired) electrons. The normalized spacial score (nSPS) is 23.1. The van der Waals surface area contributed by atoms with Crippen LogP contribution >= 0.6 is 7.60 Å². The Balaban J connectivity index is 1.89. The minimum Gasteiger partial charge on any atom is -0.469 e. The number of rotatable bonds is 10. The van der Waals surface area contributed by atoms with Crippen molar-refractivity contribution in [2.45, 2.75) is 39.7 Å². The van der Waals surface area contributed by atoms with Gasteiger partial charge in [0.1, 0.15) is 0 Å². The summed E-state index contributed by atoms with van der Waals surface area (Å²) in [6, 6.07) is 5.48. The van der Waals surface area contributed by atoms with E-state index in [1.807, 2.05) is 12.1 Å². The number of hydrogen-bond donors (Lipinski definition) is 1. The molecule has 1 saturated heterocycles. The van der Waals surface area contributed by atoms with E-state index < -0.39 is 42.9 Å². The van der Waals surface area contributed by atoms with Crippen LogP contribution in [0.1, 0.15) is 32.9 Å². The van der Waals surface area contributed by atoms with Gasteiger partial charge in [-0.05, 0) is 12.1 Å². The minimum absolute atomic E-state index is 0.00489. The fourth-order valence-corrected chi connectivity index (χ4v) is 5.31. The third kappa shape index (κ3) is 7.69. The first-order chi connectivity index (χ1) is 15.1. The van der Waals surface area contributed by atoms with Gasteiger partial charge in [-0.3, -0.25) is 28.5 Å². The van der Waals surface area contributed by atoms with Crippen molar-refractivity contribution < 1.29 is 37.5 Å². The SMILES string of the molecule is COC(=O)CCNC(=O)[C@@H]1O[P@@](=O)(C[C@@H](C)C(=O)OCCc2ccccn2)OCC1(C)C. The molecule has 0 saturated carbocycles. The smallest absolute Gasteiger partial charge is 0.332 e. The van der Waals surface area contributed by atoms with E-state index >= 15 is 0 Å². The lowest BCUT2D eigenvalue weighted by Crippen LogP contribution is -2.50. The van der Waals surface area contributed by atoms with Crippen molar-refractivity contribution in [3.05, 3.63) is 30.1 Å². The molecule has 3 atom stereocenters. The largest absolute Gasteiger partial charge is 0.469 e. The Kier molecular flexibility index (Phi) is 9.36. The number of pyridine rings is 1. The summed E-state index contributed by atoms with van der Waals surface area (Å²) >= 11 is 0. The lowest BCUT2D eigenvalue weighted by atomic mass is 9.87. The van der Waals surface area contributed by atoms with Crippen molar-refractivity contribution in [2.24, 2.45) is 11.3 Å². The fraction of sp³-hybridized carbons (Fsp3) is 0.619. The van der Waals surface area contributed by atoms with Gasteiger partial charge in [0.25, 0.3) is 0 Å². The van der Waals surface area contributed by atoms with Crippen LogP contribution in [0.3, 0.4) is 0 Å². The summed E-state index contributed by atoms with van der Waals surface area (Å²) < 4.78 is 34.1. The van der Waals surface area contributed by atoms with E-state index in [-0.39, 0.29) is 32.3 Å². The zero-order valence-corrected chi connectivity index (χ0v) is 19.8. The number of aromatic nitrogens is 1. The van der Waals surface area contributed by atoms with Crippen LogP contribution in [0.2, 0.25) is 0 Å². The maximum absolute atomic E-state index is 13.2. The van der Waals surface area contributed by atoms with Gasteiger partial charge < -0.3 is 19.3 Å². The highest BCUT2D eigenvalue weighted by molar-refractivity contribution is 7.54. The van der Waals surface area contributed by atoms with Crippen molar-refractivity contribution in [1.82, 2.24) is 10.3 Å². The molecule has 0 unspecified atom stereocenters. The Morgan fingerprint density at radius 3 is 2.75 bits per heavy atom. The van der Waals surface area contributed by atoms with E-state index in [4.69, 9.17) is 13.8 Å². The second-order valence-electron chi connectivity index (χ2n) is 8.30. The second kappa shape index (κ2) is 11.5. The van der Waals surface area contributed by atoms with Gasteiger partial charge in [0.2, 0.25) is 5.91 Å². The molecule has 1 fully saturated rings. The molecule has 1 amide bonds. The van der Waals surface area contributed by atoms with Crippen LogP contribution in [0.25, 0.3) is 0 Å². The molecule has 2 rings (SSSR count). The standard InChI is InChI=1S/C21H31N2O8P/c1-15(20(26)29-12-9-16-7-5-6-10-22-16)13-32(27)30-14-21(2,3)18(31-32)19(25)23-11-8-17(24)28-4/h5-7,10,15,18H,8-9,11-14H2,1-4H3,(H,23,25)/t15-,18+,32-/m1/s1. The van der Waals surface area contributed by atoms with Gasteiger partial charge >= 0.3 is 19.5 Å². The van der Waals surface area contributed by atoms with Crippen LogP contribution in [-0.2, 0) is 43.9 Å². The highest BCUT2D eigenvalue weighted by atomic mass is 31.2. The lowest BCUT2D eigenvalue weighted by Gasteiger charge is -2.40. The molecule has 178 valence electrons. The van der Waals surface area contributed by atoms with Crippen molar-refractivity contribution in [2.75, 3.05) is 33.0 Å². The Morgan fingerprint density at radius 2 is 2.09 bits per heavy atom. The van der Waals surface area contributed by atoms with Gasteiger partial charge in [0, 0.05) is 30.3 Å². The van der Waals surface area contributed by atoms with Gasteiger partial charge in [-0.2, -0.15) is 0 Å². The van der Waals surface area contributed by atoms with E-state index in [0.29, 0.717) is 6.42 Å². The molecule has 1 aromatic heterocycles. The molecule has 0 bridgehead atoms. The Bertz CT molecular complexity index is 845. The summed E-state index contributed by atoms with van der Waals surface area (Å²) in [7, 11) is -2.47. The second-order valence-corrected chi connectivity index (χ2v) is 10.4. The van der Waals surface area contributed by atoms with Crippen molar-refractivity contribution in [1.29, 1.82) is 0 Å². The molecule has 0 aromatic carbocycles. The first-order valence-corrected chi connectivity index (χ1v) is 12.1. The quantitative estimate of drug-likeness (QED) is 0.404. The summed E-state index contributed by atoms with van der Waals surface area (Å²) in [5.74, 6) is -2.26. The number of methoxy groups -OCH3 is 1. The van der Waals surface area contributed by atoms with Gasteiger partial charge in [0.15, 0.2) is 6.10 Å². The topological polar surface area (TPSA) is 130 Å². The molecule has 0 aliphatic carbocycles. The Morgan fingerprint density at radius 1 is 1.34 bits per heavy atom. The van der Waals surface area contributed by atoms with Crippen molar-refractivity contribution in [3.8, 4) is 0 Å². The maximum Gasteiger partial charge on any atom is 0.332 e. The highest BCUT2D eigenvalue weighted by Gasteiger charge is 2.48. The number of nitrogens with one attached hydrogen (secondary N) is 1. The van der Waals surface area contributed by atoms with Crippen LogP contribution < -0.4 is 5.32 Å². The molecule has 32 heavy (non-hydrogen) atoms. The molecule has 1 aliphatic rings. The number of carbonyl (C=O) groups excluding carboxylic acids is 3. The van der Waals surface area contributed by atoms with Crippen LogP contribution in [0, 0.1) is 11.3 Å². The zero-order valence-electron chi connectivity index (χ0n) is 18.9. The van der Waals surface area contributed by atoms with Gasteiger partial charge in [0.05, 0.1) is 38.8 Å². The lowest BCUT2D eigenvalue weighted by molar-refractivity contribution is -0.147. The summed E-state index contributed by atoms with van der Waals surface area (Å²) in [4.78, 5) is 40.3. The number of carbonyl (C=O) groups is 3. The van der Waals surface area contributed by atoms with Gasteiger partial charge in [-0.25, -0.2) is 0 Å². The van der Waals surface area contributed by atoms with Gasteiger partial charge in [-0.15, -0.1) is 0 Å². The van der Waals surface area contributed by atoms with E-state index in [2.05, 4.69) is 15.0 Å². The number of amides is 1. The van der Waals surface area contributed by atoms with Crippen LogP contribution in [-0.4, -0.2) is 62.0 Å². The van der Waals surface area contributed by atoms with Crippen LogP contribution in [0.5, 0.6) is 0 Å². The number of hydrogen-bond acceptors (Lipinski definition) is 9. The fourth-order valence-electron chi connectivity index (χ4n) is 3.01. The molecule has 1 aliphatic heterocycles. The molecular weight excluding hydrogens is 439 g/mol. The van der Waals surface area contributed by atoms with E-state index in [0.717, 1.165) is 5.69 Å². The van der Waals surface area contributed by atoms with Gasteiger partial charge in [-0.1, -0.05) is 26.8 Å². The number of ether oxygens (including phenoxy) is 2. The third-order valence-electron chi connectivity index (χ3n) is 4.93. The number of esters is 2. The molecule has 1 aromatic rings. The van der Waals surface area contributed by atoms with E-state index in [1.165, 1.54) is 7.11 Å². The third-order valence-corrected chi connectivity index (χ3v) is 6.98. The average Bonchev–Trinajstić information content (AvgIpc) is 2.76. The predicted molar refractivity (Wildman–Crippen MR) is 115 cm³/mol. The first kappa shape index (κ1) is 26.0. The molecule has 2 heterocycles. The monoisotopic (exact) mass is 470 g/mol. The minimum atomic E-state index is -3.73.